The Morgan fingerprint density at radius 1 is 1.40 bits per heavy atom. The van der Waals surface area contributed by atoms with Gasteiger partial charge < -0.3 is 9.15 Å². The van der Waals surface area contributed by atoms with Gasteiger partial charge in [0, 0.05) is 5.56 Å². The average molecular weight is 201 g/mol. The van der Waals surface area contributed by atoms with Crippen molar-refractivity contribution in [3.05, 3.63) is 40.2 Å². The number of fused-ring (bicyclic) bond motifs is 1. The molecule has 15 heavy (non-hydrogen) atoms. The molecule has 0 spiro atoms. The molecule has 1 aliphatic carbocycles. The van der Waals surface area contributed by atoms with Gasteiger partial charge in [0.1, 0.15) is 11.6 Å². The fourth-order valence-corrected chi connectivity index (χ4v) is 1.40. The third kappa shape index (κ3) is 1.34. The van der Waals surface area contributed by atoms with Gasteiger partial charge in [-0.3, -0.25) is 0 Å². The molecular weight excluding hydrogens is 194 g/mol. The third-order valence-electron chi connectivity index (χ3n) is 2.09. The maximum Gasteiger partial charge on any atom is 0.355 e. The minimum atomic E-state index is -0.628. The highest BCUT2D eigenvalue weighted by molar-refractivity contribution is 5.71. The van der Waals surface area contributed by atoms with Gasteiger partial charge in [0.15, 0.2) is 11.5 Å². The zero-order chi connectivity index (χ0) is 10.8. The van der Waals surface area contributed by atoms with Crippen LogP contribution < -0.4 is 10.4 Å². The fourth-order valence-electron chi connectivity index (χ4n) is 1.40. The molecule has 0 amide bonds. The van der Waals surface area contributed by atoms with Crippen LogP contribution in [0.3, 0.4) is 0 Å². The normalized spacial score (nSPS) is 9.87. The first-order chi connectivity index (χ1) is 7.27. The van der Waals surface area contributed by atoms with Crippen molar-refractivity contribution in [1.82, 2.24) is 0 Å². The van der Waals surface area contributed by atoms with E-state index in [0.717, 1.165) is 0 Å². The molecule has 1 aliphatic heterocycles. The van der Waals surface area contributed by atoms with Crippen molar-refractivity contribution in [3.63, 3.8) is 0 Å². The van der Waals surface area contributed by atoms with Crippen molar-refractivity contribution < 1.29 is 9.15 Å². The van der Waals surface area contributed by atoms with E-state index in [1.165, 1.54) is 7.11 Å². The second-order valence-corrected chi connectivity index (χ2v) is 2.91. The molecule has 4 nitrogen and oxygen atoms in total. The lowest BCUT2D eigenvalue weighted by Gasteiger charge is -1.98. The van der Waals surface area contributed by atoms with Crippen molar-refractivity contribution in [1.29, 1.82) is 5.26 Å². The van der Waals surface area contributed by atoms with E-state index < -0.39 is 5.63 Å². The molecule has 0 radical (unpaired) electrons. The van der Waals surface area contributed by atoms with Crippen molar-refractivity contribution in [2.75, 3.05) is 7.11 Å². The molecule has 2 rings (SSSR count). The SMILES string of the molecule is COc1ccccc2c(C#N)c(=O)oc1-2. The number of hydrogen-bond donors (Lipinski definition) is 0. The molecule has 2 aliphatic rings. The highest BCUT2D eigenvalue weighted by Gasteiger charge is 2.19. The smallest absolute Gasteiger partial charge is 0.355 e. The Labute approximate surface area is 85.7 Å². The van der Waals surface area contributed by atoms with Crippen molar-refractivity contribution >= 4 is 0 Å². The van der Waals surface area contributed by atoms with Crippen LogP contribution in [0.4, 0.5) is 0 Å². The summed E-state index contributed by atoms with van der Waals surface area (Å²) in [4.78, 5) is 11.3. The molecule has 74 valence electrons. The number of nitriles is 1. The standard InChI is InChI=1S/C11H7NO3/c1-14-9-5-3-2-4-7-8(6-12)11(13)15-10(7)9/h2-5H,1H3. The summed E-state index contributed by atoms with van der Waals surface area (Å²) in [5, 5.41) is 8.80. The lowest BCUT2D eigenvalue weighted by atomic mass is 10.1. The predicted molar refractivity (Wildman–Crippen MR) is 52.9 cm³/mol. The number of nitrogens with zero attached hydrogens (tertiary/aromatic N) is 1. The molecule has 0 aromatic carbocycles. The molecule has 0 bridgehead atoms. The van der Waals surface area contributed by atoms with Crippen LogP contribution in [-0.4, -0.2) is 7.11 Å². The van der Waals surface area contributed by atoms with Gasteiger partial charge in [-0.05, 0) is 12.1 Å². The molecule has 0 fully saturated rings. The zero-order valence-corrected chi connectivity index (χ0v) is 7.98. The number of hydrogen-bond acceptors (Lipinski definition) is 4. The molecule has 4 heteroatoms. The zero-order valence-electron chi connectivity index (χ0n) is 7.98. The van der Waals surface area contributed by atoms with Gasteiger partial charge in [-0.2, -0.15) is 5.26 Å². The topological polar surface area (TPSA) is 63.2 Å². The minimum absolute atomic E-state index is 0.0134. The van der Waals surface area contributed by atoms with Crippen LogP contribution >= 0.6 is 0 Å². The Morgan fingerprint density at radius 3 is 2.80 bits per heavy atom. The molecule has 0 saturated heterocycles. The largest absolute Gasteiger partial charge is 0.493 e. The minimum Gasteiger partial charge on any atom is -0.493 e. The summed E-state index contributed by atoms with van der Waals surface area (Å²) >= 11 is 0. The first-order valence-electron chi connectivity index (χ1n) is 4.28. The van der Waals surface area contributed by atoms with Crippen LogP contribution in [0.2, 0.25) is 0 Å². The summed E-state index contributed by atoms with van der Waals surface area (Å²) in [6.07, 6.45) is 0. The Kier molecular flexibility index (Phi) is 2.14. The molecule has 0 aromatic heterocycles. The maximum absolute atomic E-state index is 11.3. The van der Waals surface area contributed by atoms with Gasteiger partial charge in [0.2, 0.25) is 0 Å². The average Bonchev–Trinajstić information content (AvgIpc) is 2.43. The monoisotopic (exact) mass is 201 g/mol. The van der Waals surface area contributed by atoms with Crippen LogP contribution in [0, 0.1) is 11.3 Å². The summed E-state index contributed by atoms with van der Waals surface area (Å²) in [6, 6.07) is 8.62. The van der Waals surface area contributed by atoms with E-state index in [1.807, 2.05) is 6.07 Å². The van der Waals surface area contributed by atoms with Gasteiger partial charge >= 0.3 is 5.63 Å². The second-order valence-electron chi connectivity index (χ2n) is 2.91. The summed E-state index contributed by atoms with van der Waals surface area (Å²) in [5.41, 5.74) is -0.138. The Morgan fingerprint density at radius 2 is 2.13 bits per heavy atom. The van der Waals surface area contributed by atoms with E-state index in [4.69, 9.17) is 14.4 Å². The maximum atomic E-state index is 11.3. The van der Waals surface area contributed by atoms with Crippen LogP contribution in [0.25, 0.3) is 11.3 Å². The Hall–Kier alpha value is -2.28. The Balaban J connectivity index is 2.87. The molecular formula is C11H7NO3. The van der Waals surface area contributed by atoms with Crippen molar-refractivity contribution in [2.45, 2.75) is 0 Å². The van der Waals surface area contributed by atoms with Crippen LogP contribution in [0.5, 0.6) is 5.75 Å². The molecule has 0 atom stereocenters. The van der Waals surface area contributed by atoms with Gasteiger partial charge in [0.05, 0.1) is 7.11 Å². The third-order valence-corrected chi connectivity index (χ3v) is 2.09. The van der Waals surface area contributed by atoms with Gasteiger partial charge in [-0.1, -0.05) is 12.1 Å². The number of rotatable bonds is 1. The van der Waals surface area contributed by atoms with Crippen LogP contribution in [0.15, 0.2) is 33.5 Å². The predicted octanol–water partition coefficient (Wildman–Crippen LogP) is 1.62. The van der Waals surface area contributed by atoms with E-state index >= 15 is 0 Å². The quantitative estimate of drug-likeness (QED) is 0.703. The van der Waals surface area contributed by atoms with E-state index in [1.54, 1.807) is 24.3 Å². The van der Waals surface area contributed by atoms with Gasteiger partial charge in [-0.25, -0.2) is 4.79 Å². The molecule has 0 unspecified atom stereocenters. The number of methoxy groups -OCH3 is 1. The molecule has 0 saturated carbocycles. The van der Waals surface area contributed by atoms with E-state index in [0.29, 0.717) is 17.1 Å². The summed E-state index contributed by atoms with van der Waals surface area (Å²) in [7, 11) is 1.48. The van der Waals surface area contributed by atoms with E-state index in [9.17, 15) is 4.79 Å². The number of furan rings is 1. The summed E-state index contributed by atoms with van der Waals surface area (Å²) in [6.45, 7) is 0. The molecule has 0 aromatic rings. The van der Waals surface area contributed by atoms with Crippen molar-refractivity contribution in [3.8, 4) is 23.1 Å². The van der Waals surface area contributed by atoms with E-state index in [-0.39, 0.29) is 5.56 Å². The highest BCUT2D eigenvalue weighted by atomic mass is 16.5. The first kappa shape index (κ1) is 9.28. The van der Waals surface area contributed by atoms with Crippen LogP contribution in [0.1, 0.15) is 5.56 Å². The first-order valence-corrected chi connectivity index (χ1v) is 4.28. The summed E-state index contributed by atoms with van der Waals surface area (Å²) < 4.78 is 10.0. The van der Waals surface area contributed by atoms with E-state index in [2.05, 4.69) is 0 Å². The molecule has 1 heterocycles. The molecule has 0 N–H and O–H groups in total. The Bertz CT molecular complexity index is 565. The summed E-state index contributed by atoms with van der Waals surface area (Å²) in [5.74, 6) is 0.748. The lowest BCUT2D eigenvalue weighted by Crippen LogP contribution is -1.95. The van der Waals surface area contributed by atoms with Gasteiger partial charge in [0.25, 0.3) is 0 Å². The van der Waals surface area contributed by atoms with Crippen molar-refractivity contribution in [2.24, 2.45) is 0 Å². The lowest BCUT2D eigenvalue weighted by molar-refractivity contribution is 0.399. The second kappa shape index (κ2) is 3.46. The highest BCUT2D eigenvalue weighted by Crippen LogP contribution is 2.31. The number of ether oxygens (including phenoxy) is 1. The van der Waals surface area contributed by atoms with Crippen LogP contribution in [-0.2, 0) is 0 Å². The van der Waals surface area contributed by atoms with Gasteiger partial charge in [-0.15, -0.1) is 0 Å². The fraction of sp³-hybridized carbons (Fsp3) is 0.0909.